The van der Waals surface area contributed by atoms with Gasteiger partial charge < -0.3 is 26.0 Å². The number of aliphatic hydroxyl groups is 3. The third kappa shape index (κ3) is 6.45. The van der Waals surface area contributed by atoms with Crippen LogP contribution in [0.1, 0.15) is 56.3 Å². The van der Waals surface area contributed by atoms with Gasteiger partial charge in [0.25, 0.3) is 5.91 Å². The van der Waals surface area contributed by atoms with Crippen molar-refractivity contribution in [3.63, 3.8) is 0 Å². The van der Waals surface area contributed by atoms with Crippen LogP contribution in [-0.4, -0.2) is 64.7 Å². The number of benzene rings is 2. The van der Waals surface area contributed by atoms with Crippen molar-refractivity contribution in [3.8, 4) is 0 Å². The van der Waals surface area contributed by atoms with Crippen LogP contribution in [0, 0.1) is 29.3 Å². The van der Waals surface area contributed by atoms with Gasteiger partial charge in [-0.3, -0.25) is 9.59 Å². The lowest BCUT2D eigenvalue weighted by Gasteiger charge is -2.42. The molecule has 2 amide bonds. The average Bonchev–Trinajstić information content (AvgIpc) is 3.05. The van der Waals surface area contributed by atoms with Crippen LogP contribution in [0.25, 0.3) is 0 Å². The summed E-state index contributed by atoms with van der Waals surface area (Å²) in [7, 11) is -4.14. The molecule has 2 fully saturated rings. The lowest BCUT2D eigenvalue weighted by atomic mass is 9.72. The average molecular weight is 633 g/mol. The summed E-state index contributed by atoms with van der Waals surface area (Å²) in [6, 6.07) is 4.64. The number of rotatable bonds is 9. The standard InChI is InChI=1S/C28H32ClF3N2O7S/c1-27(2,38)23(35)13-33-24(36)12-28(39)15-4-5-16(28)9-18(8-15)42(40,41)22-7-14(3-6-19(22)29)26(37)34-17-10-20(30)25(32)21(31)11-17/h3,6-7,10-11,15-16,18,23,35,38-39H,4-5,8-9,12-13H2,1-2H3,(H,33,36)(H,34,37)/t15-,16?,18?,23?,28?/m0/s1. The first-order valence-electron chi connectivity index (χ1n) is 13.3. The lowest BCUT2D eigenvalue weighted by molar-refractivity contribution is -0.134. The quantitative estimate of drug-likeness (QED) is 0.266. The van der Waals surface area contributed by atoms with Crippen LogP contribution in [-0.2, 0) is 14.6 Å². The number of nitrogens with one attached hydrogen (secondary N) is 2. The molecule has 0 heterocycles. The number of fused-ring (bicyclic) bond motifs is 2. The second kappa shape index (κ2) is 11.8. The Hall–Kier alpha value is -2.71. The minimum absolute atomic E-state index is 0.0375. The Kier molecular flexibility index (Phi) is 9.02. The van der Waals surface area contributed by atoms with Gasteiger partial charge >= 0.3 is 0 Å². The highest BCUT2D eigenvalue weighted by atomic mass is 35.5. The number of aliphatic hydroxyl groups excluding tert-OH is 1. The van der Waals surface area contributed by atoms with E-state index in [9.17, 15) is 46.5 Å². The molecule has 5 atom stereocenters. The number of anilines is 1. The molecule has 2 aromatic rings. The van der Waals surface area contributed by atoms with E-state index in [1.54, 1.807) is 0 Å². The van der Waals surface area contributed by atoms with Crippen molar-refractivity contribution in [3.05, 3.63) is 58.4 Å². The van der Waals surface area contributed by atoms with Gasteiger partial charge in [-0.25, -0.2) is 21.6 Å². The smallest absolute Gasteiger partial charge is 0.255 e. The van der Waals surface area contributed by atoms with Gasteiger partial charge in [-0.05, 0) is 69.6 Å². The minimum atomic E-state index is -4.14. The van der Waals surface area contributed by atoms with Crippen LogP contribution in [0.3, 0.4) is 0 Å². The first-order chi connectivity index (χ1) is 19.4. The van der Waals surface area contributed by atoms with Gasteiger partial charge in [-0.1, -0.05) is 11.6 Å². The Morgan fingerprint density at radius 2 is 1.67 bits per heavy atom. The Morgan fingerprint density at radius 1 is 1.10 bits per heavy atom. The number of hydrogen-bond donors (Lipinski definition) is 5. The summed E-state index contributed by atoms with van der Waals surface area (Å²) in [6.07, 6.45) is -0.462. The van der Waals surface area contributed by atoms with E-state index in [1.165, 1.54) is 26.0 Å². The number of carbonyl (C=O) groups excluding carboxylic acids is 2. The van der Waals surface area contributed by atoms with E-state index in [1.807, 2.05) is 0 Å². The van der Waals surface area contributed by atoms with Crippen molar-refractivity contribution in [1.82, 2.24) is 5.32 Å². The molecular weight excluding hydrogens is 601 g/mol. The Balaban J connectivity index is 1.48. The molecule has 2 aliphatic carbocycles. The maximum Gasteiger partial charge on any atom is 0.255 e. The molecule has 14 heteroatoms. The molecule has 2 bridgehead atoms. The van der Waals surface area contributed by atoms with E-state index in [0.29, 0.717) is 25.0 Å². The predicted molar refractivity (Wildman–Crippen MR) is 147 cm³/mol. The number of amides is 2. The molecular formula is C28H32ClF3N2O7S. The predicted octanol–water partition coefficient (Wildman–Crippen LogP) is 3.34. The molecule has 4 unspecified atom stereocenters. The van der Waals surface area contributed by atoms with Gasteiger partial charge in [0.1, 0.15) is 0 Å². The third-order valence-corrected chi connectivity index (χ3v) is 11.0. The maximum atomic E-state index is 13.7. The Bertz CT molecular complexity index is 1460. The van der Waals surface area contributed by atoms with Gasteiger partial charge in [0.2, 0.25) is 5.91 Å². The van der Waals surface area contributed by atoms with E-state index in [4.69, 9.17) is 11.6 Å². The first kappa shape index (κ1) is 32.2. The molecule has 230 valence electrons. The number of sulfone groups is 1. The molecule has 0 spiro atoms. The van der Waals surface area contributed by atoms with Crippen molar-refractivity contribution in [1.29, 1.82) is 0 Å². The molecule has 9 nitrogen and oxygen atoms in total. The molecule has 0 saturated heterocycles. The van der Waals surface area contributed by atoms with Gasteiger partial charge in [0.05, 0.1) is 38.9 Å². The lowest BCUT2D eigenvalue weighted by Crippen LogP contribution is -2.52. The molecule has 2 aliphatic rings. The third-order valence-electron chi connectivity index (χ3n) is 8.30. The van der Waals surface area contributed by atoms with E-state index in [2.05, 4.69) is 10.6 Å². The number of carbonyl (C=O) groups is 2. The molecule has 0 aromatic heterocycles. The zero-order chi connectivity index (χ0) is 31.2. The van der Waals surface area contributed by atoms with Crippen LogP contribution in [0.2, 0.25) is 5.02 Å². The van der Waals surface area contributed by atoms with E-state index >= 15 is 0 Å². The fraction of sp³-hybridized carbons (Fsp3) is 0.500. The summed E-state index contributed by atoms with van der Waals surface area (Å²) in [6.45, 7) is 2.56. The van der Waals surface area contributed by atoms with E-state index in [-0.39, 0.29) is 47.0 Å². The van der Waals surface area contributed by atoms with Crippen molar-refractivity contribution >= 4 is 38.9 Å². The summed E-state index contributed by atoms with van der Waals surface area (Å²) in [5.41, 5.74) is -3.45. The fourth-order valence-corrected chi connectivity index (χ4v) is 8.21. The number of hydrogen-bond acceptors (Lipinski definition) is 7. The van der Waals surface area contributed by atoms with Crippen molar-refractivity contribution in [2.75, 3.05) is 11.9 Å². The number of halogens is 4. The summed E-state index contributed by atoms with van der Waals surface area (Å²) in [5, 5.41) is 34.9. The summed E-state index contributed by atoms with van der Waals surface area (Å²) in [5.74, 6) is -7.22. The van der Waals surface area contributed by atoms with Crippen molar-refractivity contribution < 1.29 is 46.5 Å². The Labute approximate surface area is 246 Å². The zero-order valence-electron chi connectivity index (χ0n) is 22.8. The highest BCUT2D eigenvalue weighted by molar-refractivity contribution is 7.92. The monoisotopic (exact) mass is 632 g/mol. The largest absolute Gasteiger partial charge is 0.389 e. The summed E-state index contributed by atoms with van der Waals surface area (Å²) >= 11 is 6.24. The van der Waals surface area contributed by atoms with Crippen molar-refractivity contribution in [2.24, 2.45) is 11.8 Å². The highest BCUT2D eigenvalue weighted by Crippen LogP contribution is 2.53. The van der Waals surface area contributed by atoms with E-state index < -0.39 is 73.5 Å². The Morgan fingerprint density at radius 3 is 2.21 bits per heavy atom. The minimum Gasteiger partial charge on any atom is -0.389 e. The van der Waals surface area contributed by atoms with Gasteiger partial charge in [0.15, 0.2) is 27.3 Å². The van der Waals surface area contributed by atoms with Gasteiger partial charge in [-0.2, -0.15) is 0 Å². The van der Waals surface area contributed by atoms with Crippen LogP contribution < -0.4 is 10.6 Å². The normalized spacial score (nSPS) is 24.7. The SMILES string of the molecule is CC(C)(O)C(O)CNC(=O)CC1(O)C2CC[C@H]1CC(S(=O)(=O)c1cc(C(=O)Nc3cc(F)c(F)c(F)c3)ccc1Cl)C2. The zero-order valence-corrected chi connectivity index (χ0v) is 24.4. The molecule has 42 heavy (non-hydrogen) atoms. The topological polar surface area (TPSA) is 153 Å². The molecule has 2 saturated carbocycles. The maximum absolute atomic E-state index is 13.7. The molecule has 2 aromatic carbocycles. The molecule has 4 rings (SSSR count). The molecule has 0 aliphatic heterocycles. The second-order valence-corrected chi connectivity index (χ2v) is 14.2. The molecule has 5 N–H and O–H groups in total. The molecule has 0 radical (unpaired) electrons. The van der Waals surface area contributed by atoms with Gasteiger partial charge in [0, 0.05) is 29.9 Å². The fourth-order valence-electron chi connectivity index (χ4n) is 5.81. The first-order valence-corrected chi connectivity index (χ1v) is 15.2. The second-order valence-electron chi connectivity index (χ2n) is 11.6. The van der Waals surface area contributed by atoms with E-state index in [0.717, 1.165) is 6.07 Å². The van der Waals surface area contributed by atoms with Crippen LogP contribution in [0.15, 0.2) is 35.2 Å². The van der Waals surface area contributed by atoms with Crippen molar-refractivity contribution in [2.45, 2.75) is 73.4 Å². The van der Waals surface area contributed by atoms with Crippen LogP contribution in [0.4, 0.5) is 18.9 Å². The highest BCUT2D eigenvalue weighted by Gasteiger charge is 2.56. The summed E-state index contributed by atoms with van der Waals surface area (Å²) < 4.78 is 67.8. The summed E-state index contributed by atoms with van der Waals surface area (Å²) in [4.78, 5) is 25.0. The van der Waals surface area contributed by atoms with Gasteiger partial charge in [-0.15, -0.1) is 0 Å². The van der Waals surface area contributed by atoms with Crippen LogP contribution in [0.5, 0.6) is 0 Å². The van der Waals surface area contributed by atoms with Crippen LogP contribution >= 0.6 is 11.6 Å².